The number of nitrogens with zero attached hydrogens (tertiary/aromatic N) is 4. The molecule has 27 heavy (non-hydrogen) atoms. The van der Waals surface area contributed by atoms with E-state index in [1.807, 2.05) is 6.92 Å². The lowest BCUT2D eigenvalue weighted by molar-refractivity contribution is -0.121. The van der Waals surface area contributed by atoms with Crippen molar-refractivity contribution in [2.45, 2.75) is 44.9 Å². The largest absolute Gasteiger partial charge is 0.394 e. The Morgan fingerprint density at radius 3 is 2.89 bits per heavy atom. The average Bonchev–Trinajstić information content (AvgIpc) is 3.32. The second-order valence-electron chi connectivity index (χ2n) is 7.14. The van der Waals surface area contributed by atoms with Crippen molar-refractivity contribution in [1.82, 2.24) is 19.5 Å². The maximum Gasteiger partial charge on any atom is 0.167 e. The van der Waals surface area contributed by atoms with Crippen molar-refractivity contribution in [3.05, 3.63) is 12.7 Å². The number of carbonyl (C=O) groups is 1. The van der Waals surface area contributed by atoms with Crippen molar-refractivity contribution < 1.29 is 24.5 Å². The van der Waals surface area contributed by atoms with Gasteiger partial charge in [0.15, 0.2) is 17.0 Å². The average molecular weight is 377 g/mol. The van der Waals surface area contributed by atoms with E-state index < -0.39 is 18.4 Å². The summed E-state index contributed by atoms with van der Waals surface area (Å²) >= 11 is 0. The Kier molecular flexibility index (Phi) is 4.81. The molecule has 2 fully saturated rings. The Balaban J connectivity index is 1.58. The van der Waals surface area contributed by atoms with Gasteiger partial charge in [-0.25, -0.2) is 15.0 Å². The summed E-state index contributed by atoms with van der Waals surface area (Å²) in [4.78, 5) is 24.6. The quantitative estimate of drug-likeness (QED) is 0.662. The third-order valence-corrected chi connectivity index (χ3v) is 5.42. The highest BCUT2D eigenvalue weighted by molar-refractivity contribution is 5.83. The van der Waals surface area contributed by atoms with Crippen LogP contribution in [-0.4, -0.2) is 67.2 Å². The lowest BCUT2D eigenvalue weighted by Crippen LogP contribution is -2.28. The Bertz CT molecular complexity index is 842. The molecule has 3 N–H and O–H groups in total. The van der Waals surface area contributed by atoms with Gasteiger partial charge in [0.25, 0.3) is 0 Å². The molecule has 2 aliphatic heterocycles. The molecular weight excluding hydrogens is 354 g/mol. The first-order valence-electron chi connectivity index (χ1n) is 9.00. The number of rotatable bonds is 5. The van der Waals surface area contributed by atoms with Crippen LogP contribution in [0.2, 0.25) is 0 Å². The zero-order valence-corrected chi connectivity index (χ0v) is 15.1. The summed E-state index contributed by atoms with van der Waals surface area (Å²) in [5.74, 6) is 0.491. The van der Waals surface area contributed by atoms with E-state index in [0.29, 0.717) is 30.0 Å². The number of carbonyl (C=O) groups excluding carboxylic acids is 1. The molecule has 6 unspecified atom stereocenters. The van der Waals surface area contributed by atoms with Gasteiger partial charge < -0.3 is 25.0 Å². The maximum absolute atomic E-state index is 11.7. The van der Waals surface area contributed by atoms with Crippen molar-refractivity contribution in [2.24, 2.45) is 11.8 Å². The second kappa shape index (κ2) is 7.12. The Labute approximate surface area is 155 Å². The van der Waals surface area contributed by atoms with Crippen LogP contribution >= 0.6 is 0 Å². The Morgan fingerprint density at radius 2 is 2.22 bits per heavy atom. The number of Topliss-reactive ketones (excluding diaryl/α,β-unsaturated/α-hetero) is 1. The van der Waals surface area contributed by atoms with Gasteiger partial charge in [0.1, 0.15) is 30.7 Å². The fourth-order valence-electron chi connectivity index (χ4n) is 3.74. The van der Waals surface area contributed by atoms with E-state index in [1.54, 1.807) is 17.8 Å². The van der Waals surface area contributed by atoms with Crippen LogP contribution in [-0.2, 0) is 14.3 Å². The Hall–Kier alpha value is -2.14. The van der Waals surface area contributed by atoms with Gasteiger partial charge in [-0.05, 0) is 6.92 Å². The number of ketones is 1. The fourth-order valence-corrected chi connectivity index (χ4v) is 3.74. The monoisotopic (exact) mass is 377 g/mol. The minimum absolute atomic E-state index is 0.00762. The number of aromatic nitrogens is 4. The van der Waals surface area contributed by atoms with Crippen LogP contribution < -0.4 is 5.32 Å². The first kappa shape index (κ1) is 18.2. The summed E-state index contributed by atoms with van der Waals surface area (Å²) in [5.41, 5.74) is 1.10. The predicted octanol–water partition coefficient (Wildman–Crippen LogP) is 0.0765. The molecule has 6 atom stereocenters. The SMILES string of the molecule is CC(=O)C1COC(Nc2ncnc3c2ncn3C2CC(O)C(CO)O2)C1C. The highest BCUT2D eigenvalue weighted by atomic mass is 16.5. The van der Waals surface area contributed by atoms with E-state index in [0.717, 1.165) is 0 Å². The molecule has 0 amide bonds. The predicted molar refractivity (Wildman–Crippen MR) is 93.6 cm³/mol. The van der Waals surface area contributed by atoms with Crippen LogP contribution in [0.1, 0.15) is 26.5 Å². The highest BCUT2D eigenvalue weighted by Crippen LogP contribution is 2.33. The van der Waals surface area contributed by atoms with Gasteiger partial charge >= 0.3 is 0 Å². The lowest BCUT2D eigenvalue weighted by atomic mass is 9.92. The van der Waals surface area contributed by atoms with Gasteiger partial charge in [-0.1, -0.05) is 6.92 Å². The van der Waals surface area contributed by atoms with Crippen molar-refractivity contribution >= 4 is 22.8 Å². The lowest BCUT2D eigenvalue weighted by Gasteiger charge is -2.19. The number of ether oxygens (including phenoxy) is 2. The zero-order valence-electron chi connectivity index (χ0n) is 15.1. The van der Waals surface area contributed by atoms with Crippen molar-refractivity contribution in [3.8, 4) is 0 Å². The molecule has 10 nitrogen and oxygen atoms in total. The number of hydrogen-bond acceptors (Lipinski definition) is 9. The molecule has 146 valence electrons. The highest BCUT2D eigenvalue weighted by Gasteiger charge is 2.38. The summed E-state index contributed by atoms with van der Waals surface area (Å²) in [6.45, 7) is 3.68. The molecule has 0 radical (unpaired) electrons. The number of imidazole rings is 1. The van der Waals surface area contributed by atoms with Crippen LogP contribution in [0.4, 0.5) is 5.82 Å². The van der Waals surface area contributed by atoms with Gasteiger partial charge in [-0.15, -0.1) is 0 Å². The van der Waals surface area contributed by atoms with E-state index in [1.165, 1.54) is 6.33 Å². The smallest absolute Gasteiger partial charge is 0.167 e. The molecule has 0 aliphatic carbocycles. The zero-order chi connectivity index (χ0) is 19.1. The topological polar surface area (TPSA) is 132 Å². The van der Waals surface area contributed by atoms with E-state index in [4.69, 9.17) is 9.47 Å². The van der Waals surface area contributed by atoms with Gasteiger partial charge in [0.2, 0.25) is 0 Å². The third-order valence-electron chi connectivity index (χ3n) is 5.42. The van der Waals surface area contributed by atoms with Crippen LogP contribution in [0.25, 0.3) is 11.2 Å². The summed E-state index contributed by atoms with van der Waals surface area (Å²) < 4.78 is 13.1. The first-order valence-corrected chi connectivity index (χ1v) is 9.00. The Morgan fingerprint density at radius 1 is 1.41 bits per heavy atom. The first-order chi connectivity index (χ1) is 13.0. The van der Waals surface area contributed by atoms with Crippen LogP contribution in [0, 0.1) is 11.8 Å². The normalized spacial score (nSPS) is 33.6. The van der Waals surface area contributed by atoms with E-state index in [2.05, 4.69) is 20.3 Å². The molecule has 4 rings (SSSR count). The molecule has 2 aromatic rings. The second-order valence-corrected chi connectivity index (χ2v) is 7.14. The third kappa shape index (κ3) is 3.18. The summed E-state index contributed by atoms with van der Waals surface area (Å²) in [6, 6.07) is 0. The van der Waals surface area contributed by atoms with Crippen LogP contribution in [0.15, 0.2) is 12.7 Å². The molecule has 2 saturated heterocycles. The number of aliphatic hydroxyl groups is 2. The minimum atomic E-state index is -0.742. The van der Waals surface area contributed by atoms with Crippen molar-refractivity contribution in [1.29, 1.82) is 0 Å². The summed E-state index contributed by atoms with van der Waals surface area (Å²) in [5, 5.41) is 22.5. The van der Waals surface area contributed by atoms with Gasteiger partial charge in [0, 0.05) is 18.3 Å². The molecule has 0 aromatic carbocycles. The minimum Gasteiger partial charge on any atom is -0.394 e. The molecule has 2 aliphatic rings. The summed E-state index contributed by atoms with van der Waals surface area (Å²) in [7, 11) is 0. The van der Waals surface area contributed by atoms with Gasteiger partial charge in [-0.2, -0.15) is 0 Å². The van der Waals surface area contributed by atoms with E-state index in [-0.39, 0.29) is 30.5 Å². The molecule has 2 aromatic heterocycles. The molecule has 0 bridgehead atoms. The number of nitrogens with one attached hydrogen (secondary N) is 1. The van der Waals surface area contributed by atoms with Gasteiger partial charge in [-0.3, -0.25) is 9.36 Å². The van der Waals surface area contributed by atoms with E-state index >= 15 is 0 Å². The number of anilines is 1. The van der Waals surface area contributed by atoms with Crippen LogP contribution in [0.5, 0.6) is 0 Å². The number of fused-ring (bicyclic) bond motifs is 1. The molecule has 4 heterocycles. The number of hydrogen-bond donors (Lipinski definition) is 3. The number of aliphatic hydroxyl groups excluding tert-OH is 2. The van der Waals surface area contributed by atoms with Crippen LogP contribution in [0.3, 0.4) is 0 Å². The maximum atomic E-state index is 11.7. The standard InChI is InChI=1S/C17H23N5O5/c1-8-10(9(2)24)5-26-17(8)21-15-14-16(19-6-18-15)22(7-20-14)13-3-11(25)12(4-23)27-13/h6-8,10-13,17,23,25H,3-5H2,1-2H3,(H,18,19,21). The van der Waals surface area contributed by atoms with Gasteiger partial charge in [0.05, 0.1) is 25.6 Å². The van der Waals surface area contributed by atoms with Crippen molar-refractivity contribution in [3.63, 3.8) is 0 Å². The fraction of sp³-hybridized carbons (Fsp3) is 0.647. The summed E-state index contributed by atoms with van der Waals surface area (Å²) in [6.07, 6.45) is 1.17. The molecule has 10 heteroatoms. The van der Waals surface area contributed by atoms with Crippen molar-refractivity contribution in [2.75, 3.05) is 18.5 Å². The van der Waals surface area contributed by atoms with E-state index in [9.17, 15) is 15.0 Å². The molecule has 0 saturated carbocycles. The molecule has 0 spiro atoms. The molecular formula is C17H23N5O5.